The van der Waals surface area contributed by atoms with Gasteiger partial charge in [-0.1, -0.05) is 60.7 Å². The van der Waals surface area contributed by atoms with Crippen molar-refractivity contribution in [3.63, 3.8) is 0 Å². The van der Waals surface area contributed by atoms with Crippen LogP contribution in [0.4, 0.5) is 5.69 Å². The van der Waals surface area contributed by atoms with Gasteiger partial charge in [0.1, 0.15) is 5.75 Å². The number of carboxylic acid groups (broad SMARTS) is 1. The van der Waals surface area contributed by atoms with E-state index in [4.69, 9.17) is 4.74 Å². The highest BCUT2D eigenvalue weighted by Gasteiger charge is 2.12. The maximum atomic E-state index is 12.3. The van der Waals surface area contributed by atoms with Gasteiger partial charge < -0.3 is 15.2 Å². The Morgan fingerprint density at radius 3 is 2.23 bits per heavy atom. The summed E-state index contributed by atoms with van der Waals surface area (Å²) in [6.07, 6.45) is 6.77. The Labute approximate surface area is 175 Å². The SMILES string of the molecule is COc1cccc(/C=C/c2ccc(C(=O)O)c(NC(=O)C=Cc3ccccc3)c2)c1. The lowest BCUT2D eigenvalue weighted by molar-refractivity contribution is -0.111. The van der Waals surface area contributed by atoms with Crippen LogP contribution in [0.15, 0.2) is 78.9 Å². The van der Waals surface area contributed by atoms with Crippen LogP contribution < -0.4 is 10.1 Å². The Kier molecular flexibility index (Phi) is 6.79. The van der Waals surface area contributed by atoms with Gasteiger partial charge in [-0.15, -0.1) is 0 Å². The number of aromatic carboxylic acids is 1. The maximum absolute atomic E-state index is 12.3. The molecule has 30 heavy (non-hydrogen) atoms. The summed E-state index contributed by atoms with van der Waals surface area (Å²) in [7, 11) is 1.61. The molecule has 0 unspecified atom stereocenters. The molecule has 5 heteroatoms. The third-order valence-corrected chi connectivity index (χ3v) is 4.32. The molecule has 0 heterocycles. The van der Waals surface area contributed by atoms with E-state index in [1.165, 1.54) is 12.1 Å². The fourth-order valence-corrected chi connectivity index (χ4v) is 2.80. The van der Waals surface area contributed by atoms with Crippen LogP contribution in [0.2, 0.25) is 0 Å². The van der Waals surface area contributed by atoms with Crippen LogP contribution in [0.1, 0.15) is 27.0 Å². The lowest BCUT2D eigenvalue weighted by Crippen LogP contribution is -2.12. The standard InChI is InChI=1S/C25H21NO4/c1-30-21-9-5-8-19(16-21)10-11-20-12-14-22(25(28)29)23(17-20)26-24(27)15-13-18-6-3-2-4-7-18/h2-17H,1H3,(H,26,27)(H,28,29)/b11-10+,15-13?. The molecule has 0 aliphatic heterocycles. The van der Waals surface area contributed by atoms with Crippen molar-refractivity contribution in [2.75, 3.05) is 12.4 Å². The molecule has 3 aromatic carbocycles. The third-order valence-electron chi connectivity index (χ3n) is 4.32. The highest BCUT2D eigenvalue weighted by Crippen LogP contribution is 2.21. The van der Waals surface area contributed by atoms with Gasteiger partial charge in [0.2, 0.25) is 5.91 Å². The molecule has 0 spiro atoms. The largest absolute Gasteiger partial charge is 0.497 e. The highest BCUT2D eigenvalue weighted by atomic mass is 16.5. The predicted molar refractivity (Wildman–Crippen MR) is 119 cm³/mol. The summed E-state index contributed by atoms with van der Waals surface area (Å²) in [4.78, 5) is 23.8. The molecular weight excluding hydrogens is 378 g/mol. The predicted octanol–water partition coefficient (Wildman–Crippen LogP) is 5.22. The number of hydrogen-bond acceptors (Lipinski definition) is 3. The molecule has 0 aliphatic carbocycles. The molecule has 0 aromatic heterocycles. The van der Waals surface area contributed by atoms with Crippen LogP contribution in [-0.2, 0) is 4.79 Å². The van der Waals surface area contributed by atoms with Crippen molar-refractivity contribution in [1.29, 1.82) is 0 Å². The number of benzene rings is 3. The van der Waals surface area contributed by atoms with Gasteiger partial charge in [-0.05, 0) is 47.0 Å². The Bertz CT molecular complexity index is 1100. The van der Waals surface area contributed by atoms with Crippen molar-refractivity contribution in [2.24, 2.45) is 0 Å². The number of methoxy groups -OCH3 is 1. The molecule has 3 rings (SSSR count). The molecule has 3 aromatic rings. The van der Waals surface area contributed by atoms with E-state index in [2.05, 4.69) is 5.32 Å². The number of carboxylic acids is 1. The fourth-order valence-electron chi connectivity index (χ4n) is 2.80. The molecular formula is C25H21NO4. The molecule has 0 fully saturated rings. The zero-order valence-corrected chi connectivity index (χ0v) is 16.4. The van der Waals surface area contributed by atoms with Crippen LogP contribution in [-0.4, -0.2) is 24.1 Å². The number of carbonyl (C=O) groups excluding carboxylic acids is 1. The van der Waals surface area contributed by atoms with Crippen LogP contribution in [0.5, 0.6) is 5.75 Å². The first-order chi connectivity index (χ1) is 14.5. The van der Waals surface area contributed by atoms with Gasteiger partial charge in [0.05, 0.1) is 18.4 Å². The van der Waals surface area contributed by atoms with Gasteiger partial charge in [-0.25, -0.2) is 4.79 Å². The molecule has 0 saturated heterocycles. The van der Waals surface area contributed by atoms with Gasteiger partial charge in [0.25, 0.3) is 0 Å². The summed E-state index contributed by atoms with van der Waals surface area (Å²) in [6, 6.07) is 21.7. The lowest BCUT2D eigenvalue weighted by atomic mass is 10.1. The van der Waals surface area contributed by atoms with Crippen LogP contribution in [0.25, 0.3) is 18.2 Å². The maximum Gasteiger partial charge on any atom is 0.337 e. The first-order valence-electron chi connectivity index (χ1n) is 9.29. The third kappa shape index (κ3) is 5.69. The number of hydrogen-bond donors (Lipinski definition) is 2. The molecule has 1 amide bonds. The Morgan fingerprint density at radius 2 is 1.53 bits per heavy atom. The van der Waals surface area contributed by atoms with Crippen LogP contribution >= 0.6 is 0 Å². The van der Waals surface area contributed by atoms with E-state index in [0.29, 0.717) is 0 Å². The molecule has 0 atom stereocenters. The summed E-state index contributed by atoms with van der Waals surface area (Å²) in [6.45, 7) is 0. The van der Waals surface area contributed by atoms with E-state index in [0.717, 1.165) is 22.4 Å². The van der Waals surface area contributed by atoms with E-state index in [-0.39, 0.29) is 11.3 Å². The van der Waals surface area contributed by atoms with Crippen molar-refractivity contribution >= 4 is 35.8 Å². The molecule has 0 bridgehead atoms. The second-order valence-electron chi connectivity index (χ2n) is 6.45. The van der Waals surface area contributed by atoms with E-state index in [1.807, 2.05) is 66.7 Å². The van der Waals surface area contributed by atoms with Gasteiger partial charge in [-0.3, -0.25) is 4.79 Å². The number of nitrogens with one attached hydrogen (secondary N) is 1. The molecule has 2 N–H and O–H groups in total. The molecule has 0 radical (unpaired) electrons. The van der Waals surface area contributed by atoms with E-state index in [9.17, 15) is 14.7 Å². The molecule has 5 nitrogen and oxygen atoms in total. The number of amides is 1. The Hall–Kier alpha value is -4.12. The summed E-state index contributed by atoms with van der Waals surface area (Å²) in [5.74, 6) is -0.771. The van der Waals surface area contributed by atoms with Gasteiger partial charge in [0, 0.05) is 6.08 Å². The lowest BCUT2D eigenvalue weighted by Gasteiger charge is -2.08. The first-order valence-corrected chi connectivity index (χ1v) is 9.29. The Balaban J connectivity index is 1.80. The van der Waals surface area contributed by atoms with Gasteiger partial charge in [-0.2, -0.15) is 0 Å². The molecule has 0 saturated carbocycles. The number of rotatable bonds is 7. The van der Waals surface area contributed by atoms with Crippen molar-refractivity contribution in [1.82, 2.24) is 0 Å². The zero-order chi connectivity index (χ0) is 21.3. The van der Waals surface area contributed by atoms with E-state index < -0.39 is 11.9 Å². The van der Waals surface area contributed by atoms with Gasteiger partial charge >= 0.3 is 5.97 Å². The van der Waals surface area contributed by atoms with E-state index in [1.54, 1.807) is 25.3 Å². The quantitative estimate of drug-likeness (QED) is 0.422. The van der Waals surface area contributed by atoms with Crippen molar-refractivity contribution in [3.05, 3.63) is 101 Å². The van der Waals surface area contributed by atoms with Crippen molar-refractivity contribution in [3.8, 4) is 5.75 Å². The van der Waals surface area contributed by atoms with Gasteiger partial charge in [0.15, 0.2) is 0 Å². The minimum absolute atomic E-state index is 0.0231. The summed E-state index contributed by atoms with van der Waals surface area (Å²) in [5.41, 5.74) is 2.83. The van der Waals surface area contributed by atoms with Crippen LogP contribution in [0.3, 0.4) is 0 Å². The average Bonchev–Trinajstić information content (AvgIpc) is 2.77. The second-order valence-corrected chi connectivity index (χ2v) is 6.45. The number of carbonyl (C=O) groups is 2. The smallest absolute Gasteiger partial charge is 0.337 e. The average molecular weight is 399 g/mol. The van der Waals surface area contributed by atoms with Crippen LogP contribution in [0, 0.1) is 0 Å². The topological polar surface area (TPSA) is 75.6 Å². The van der Waals surface area contributed by atoms with E-state index >= 15 is 0 Å². The minimum Gasteiger partial charge on any atom is -0.497 e. The molecule has 0 aliphatic rings. The summed E-state index contributed by atoms with van der Waals surface area (Å²) < 4.78 is 5.21. The first kappa shape index (κ1) is 20.6. The number of ether oxygens (including phenoxy) is 1. The summed E-state index contributed by atoms with van der Waals surface area (Å²) >= 11 is 0. The highest BCUT2D eigenvalue weighted by molar-refractivity contribution is 6.06. The molecule has 150 valence electrons. The fraction of sp³-hybridized carbons (Fsp3) is 0.0400. The van der Waals surface area contributed by atoms with Crippen molar-refractivity contribution in [2.45, 2.75) is 0 Å². The zero-order valence-electron chi connectivity index (χ0n) is 16.4. The second kappa shape index (κ2) is 9.89. The monoisotopic (exact) mass is 399 g/mol. The number of anilines is 1. The minimum atomic E-state index is -1.11. The normalized spacial score (nSPS) is 11.0. The Morgan fingerprint density at radius 1 is 0.833 bits per heavy atom. The summed E-state index contributed by atoms with van der Waals surface area (Å²) in [5, 5.41) is 12.1. The van der Waals surface area contributed by atoms with Crippen molar-refractivity contribution < 1.29 is 19.4 Å².